The van der Waals surface area contributed by atoms with E-state index in [0.29, 0.717) is 28.7 Å². The minimum Gasteiger partial charge on any atom is -0.369 e. The molecule has 1 aromatic heterocycles. The molecule has 24 heavy (non-hydrogen) atoms. The van der Waals surface area contributed by atoms with Gasteiger partial charge in [-0.2, -0.15) is 0 Å². The van der Waals surface area contributed by atoms with Gasteiger partial charge in [-0.1, -0.05) is 41.9 Å². The van der Waals surface area contributed by atoms with Gasteiger partial charge in [-0.25, -0.2) is 0 Å². The summed E-state index contributed by atoms with van der Waals surface area (Å²) in [6.07, 6.45) is 4.41. The van der Waals surface area contributed by atoms with E-state index in [0.717, 1.165) is 25.3 Å². The molecule has 0 bridgehead atoms. The Morgan fingerprint density at radius 1 is 1.04 bits per heavy atom. The Kier molecular flexibility index (Phi) is 3.27. The molecular formula is C20H21ClN2O. The van der Waals surface area contributed by atoms with Crippen molar-refractivity contribution < 1.29 is 0 Å². The van der Waals surface area contributed by atoms with Gasteiger partial charge in [0.2, 0.25) is 0 Å². The maximum atomic E-state index is 12.5. The second-order valence-electron chi connectivity index (χ2n) is 7.59. The van der Waals surface area contributed by atoms with E-state index in [4.69, 9.17) is 11.6 Å². The maximum absolute atomic E-state index is 12.5. The highest BCUT2D eigenvalue weighted by Gasteiger charge is 2.56. The van der Waals surface area contributed by atoms with E-state index in [-0.39, 0.29) is 5.56 Å². The van der Waals surface area contributed by atoms with Crippen molar-refractivity contribution in [2.75, 3.05) is 18.0 Å². The monoisotopic (exact) mass is 340 g/mol. The molecule has 0 spiro atoms. The van der Waals surface area contributed by atoms with Gasteiger partial charge in [0.15, 0.2) is 0 Å². The summed E-state index contributed by atoms with van der Waals surface area (Å²) in [6, 6.07) is 12.8. The highest BCUT2D eigenvalue weighted by molar-refractivity contribution is 6.33. The number of anilines is 1. The first-order valence-electron chi connectivity index (χ1n) is 8.91. The smallest absolute Gasteiger partial charge is 0.271 e. The topological polar surface area (TPSA) is 25.2 Å². The van der Waals surface area contributed by atoms with Crippen molar-refractivity contribution in [1.29, 1.82) is 0 Å². The lowest BCUT2D eigenvalue weighted by Gasteiger charge is -2.23. The zero-order valence-electron chi connectivity index (χ0n) is 13.6. The normalized spacial score (nSPS) is 28.0. The lowest BCUT2D eigenvalue weighted by molar-refractivity contribution is 0.606. The Balaban J connectivity index is 1.33. The van der Waals surface area contributed by atoms with Gasteiger partial charge in [-0.05, 0) is 48.1 Å². The Labute approximate surface area is 146 Å². The third-order valence-corrected chi connectivity index (χ3v) is 6.31. The zero-order chi connectivity index (χ0) is 16.3. The van der Waals surface area contributed by atoms with Crippen molar-refractivity contribution in [2.45, 2.75) is 25.3 Å². The average Bonchev–Trinajstić information content (AvgIpc) is 3.51. The van der Waals surface area contributed by atoms with Crippen molar-refractivity contribution in [3.05, 3.63) is 63.5 Å². The molecule has 1 aliphatic heterocycles. The first-order chi connectivity index (χ1) is 11.7. The Bertz CT molecular complexity index is 815. The van der Waals surface area contributed by atoms with E-state index < -0.39 is 0 Å². The Morgan fingerprint density at radius 3 is 2.42 bits per heavy atom. The lowest BCUT2D eigenvalue weighted by atomic mass is 10.1. The number of hydrogen-bond donors (Lipinski definition) is 0. The van der Waals surface area contributed by atoms with Gasteiger partial charge in [0.25, 0.3) is 5.56 Å². The van der Waals surface area contributed by atoms with E-state index in [1.807, 2.05) is 12.3 Å². The fourth-order valence-corrected chi connectivity index (χ4v) is 4.69. The average molecular weight is 341 g/mol. The maximum Gasteiger partial charge on any atom is 0.271 e. The molecule has 5 rings (SSSR count). The van der Waals surface area contributed by atoms with Crippen LogP contribution in [0.4, 0.5) is 5.69 Å². The molecule has 3 nitrogen and oxygen atoms in total. The second kappa shape index (κ2) is 5.38. The zero-order valence-corrected chi connectivity index (χ0v) is 14.3. The number of halogens is 1. The molecular weight excluding hydrogens is 320 g/mol. The molecule has 0 radical (unpaired) electrons. The van der Waals surface area contributed by atoms with Crippen LogP contribution in [0.15, 0.2) is 47.4 Å². The fourth-order valence-electron chi connectivity index (χ4n) is 4.40. The van der Waals surface area contributed by atoms with Gasteiger partial charge < -0.3 is 9.47 Å². The van der Waals surface area contributed by atoms with Crippen molar-refractivity contribution in [2.24, 2.45) is 17.8 Å². The van der Waals surface area contributed by atoms with Crippen LogP contribution >= 0.6 is 11.6 Å². The van der Waals surface area contributed by atoms with Crippen molar-refractivity contribution in [3.63, 3.8) is 0 Å². The second-order valence-corrected chi connectivity index (χ2v) is 7.96. The number of fused-ring (bicyclic) bond motifs is 1. The van der Waals surface area contributed by atoms with Crippen LogP contribution in [-0.4, -0.2) is 17.7 Å². The summed E-state index contributed by atoms with van der Waals surface area (Å²) in [6.45, 7) is 2.84. The molecule has 1 saturated heterocycles. The number of pyridine rings is 1. The van der Waals surface area contributed by atoms with Crippen LogP contribution in [0.3, 0.4) is 0 Å². The minimum absolute atomic E-state index is 0.0266. The lowest BCUT2D eigenvalue weighted by Crippen LogP contribution is -2.28. The first kappa shape index (κ1) is 14.6. The molecule has 2 aromatic rings. The van der Waals surface area contributed by atoms with Crippen LogP contribution in [0.1, 0.15) is 24.3 Å². The third kappa shape index (κ3) is 2.37. The SMILES string of the molecule is O=c1c(Cl)c(N2C[C@@H]3C(c4ccccc4)[C@@H]3C2)ccn1CC1CC1. The predicted octanol–water partition coefficient (Wildman–Crippen LogP) is 3.76. The van der Waals surface area contributed by atoms with Crippen LogP contribution < -0.4 is 10.5 Å². The van der Waals surface area contributed by atoms with Crippen molar-refractivity contribution in [1.82, 2.24) is 4.57 Å². The molecule has 2 saturated carbocycles. The number of piperidine rings is 1. The van der Waals surface area contributed by atoms with Gasteiger partial charge in [-0.15, -0.1) is 0 Å². The summed E-state index contributed by atoms with van der Waals surface area (Å²) in [5, 5.41) is 0.399. The molecule has 1 unspecified atom stereocenters. The van der Waals surface area contributed by atoms with Gasteiger partial charge in [-0.3, -0.25) is 4.79 Å². The summed E-state index contributed by atoms with van der Waals surface area (Å²) < 4.78 is 1.78. The van der Waals surface area contributed by atoms with Crippen molar-refractivity contribution >= 4 is 17.3 Å². The van der Waals surface area contributed by atoms with Crippen LogP contribution in [-0.2, 0) is 6.54 Å². The number of benzene rings is 1. The molecule has 1 aromatic carbocycles. The molecule has 0 N–H and O–H groups in total. The van der Waals surface area contributed by atoms with Gasteiger partial charge >= 0.3 is 0 Å². The van der Waals surface area contributed by atoms with Crippen LogP contribution in [0.25, 0.3) is 0 Å². The quantitative estimate of drug-likeness (QED) is 0.846. The number of hydrogen-bond acceptors (Lipinski definition) is 2. The summed E-state index contributed by atoms with van der Waals surface area (Å²) in [4.78, 5) is 14.8. The van der Waals surface area contributed by atoms with E-state index in [1.54, 1.807) is 4.57 Å². The summed E-state index contributed by atoms with van der Waals surface area (Å²) in [7, 11) is 0. The van der Waals surface area contributed by atoms with E-state index in [1.165, 1.54) is 18.4 Å². The molecule has 124 valence electrons. The fraction of sp³-hybridized carbons (Fsp3) is 0.450. The minimum atomic E-state index is -0.0266. The molecule has 2 aliphatic carbocycles. The summed E-state index contributed by atoms with van der Waals surface area (Å²) in [5.41, 5.74) is 2.35. The van der Waals surface area contributed by atoms with Crippen molar-refractivity contribution in [3.8, 4) is 0 Å². The number of rotatable bonds is 4. The highest BCUT2D eigenvalue weighted by Crippen LogP contribution is 2.58. The molecule has 0 amide bonds. The highest BCUT2D eigenvalue weighted by atomic mass is 35.5. The third-order valence-electron chi connectivity index (χ3n) is 5.96. The number of nitrogens with zero attached hydrogens (tertiary/aromatic N) is 2. The molecule has 3 atom stereocenters. The summed E-state index contributed by atoms with van der Waals surface area (Å²) >= 11 is 6.42. The predicted molar refractivity (Wildman–Crippen MR) is 96.8 cm³/mol. The standard InChI is InChI=1S/C20H21ClN2O/c21-19-17(8-9-22(20(19)24)10-13-6-7-13)23-11-15-16(12-23)18(15)14-4-2-1-3-5-14/h1-5,8-9,13,15-16,18H,6-7,10-12H2/t15-,16+,18?. The van der Waals surface area contributed by atoms with Gasteiger partial charge in [0, 0.05) is 25.8 Å². The summed E-state index contributed by atoms with van der Waals surface area (Å²) in [5.74, 6) is 2.78. The number of aromatic nitrogens is 1. The van der Waals surface area contributed by atoms with Gasteiger partial charge in [0.05, 0.1) is 5.69 Å². The molecule has 2 heterocycles. The Morgan fingerprint density at radius 2 is 1.75 bits per heavy atom. The van der Waals surface area contributed by atoms with Gasteiger partial charge in [0.1, 0.15) is 5.02 Å². The van der Waals surface area contributed by atoms with E-state index >= 15 is 0 Å². The largest absolute Gasteiger partial charge is 0.369 e. The first-order valence-corrected chi connectivity index (χ1v) is 9.29. The molecule has 3 aliphatic rings. The Hall–Kier alpha value is -1.74. The van der Waals surface area contributed by atoms with Crippen LogP contribution in [0.5, 0.6) is 0 Å². The van der Waals surface area contributed by atoms with E-state index in [2.05, 4.69) is 35.2 Å². The van der Waals surface area contributed by atoms with Crippen LogP contribution in [0.2, 0.25) is 5.02 Å². The molecule has 3 fully saturated rings. The van der Waals surface area contributed by atoms with E-state index in [9.17, 15) is 4.79 Å². The van der Waals surface area contributed by atoms with Crippen LogP contribution in [0, 0.1) is 17.8 Å². The molecule has 4 heteroatoms.